The minimum atomic E-state index is 0.164. The molecule has 0 saturated carbocycles. The highest BCUT2D eigenvalue weighted by molar-refractivity contribution is 7.09. The van der Waals surface area contributed by atoms with Gasteiger partial charge in [0.2, 0.25) is 0 Å². The van der Waals surface area contributed by atoms with E-state index < -0.39 is 0 Å². The van der Waals surface area contributed by atoms with Gasteiger partial charge in [-0.25, -0.2) is 4.98 Å². The fraction of sp³-hybridized carbons (Fsp3) is 0.375. The van der Waals surface area contributed by atoms with Crippen LogP contribution in [0.1, 0.15) is 18.8 Å². The number of rotatable bonds is 3. The Morgan fingerprint density at radius 3 is 3.00 bits per heavy atom. The largest absolute Gasteiger partial charge is 0.365 e. The summed E-state index contributed by atoms with van der Waals surface area (Å²) in [6.07, 6.45) is 5.43. The maximum absolute atomic E-state index is 4.26. The van der Waals surface area contributed by atoms with Crippen LogP contribution < -0.4 is 5.32 Å². The maximum Gasteiger partial charge on any atom is 0.130 e. The van der Waals surface area contributed by atoms with E-state index in [-0.39, 0.29) is 6.04 Å². The number of nitrogens with zero attached hydrogens (tertiary/aromatic N) is 4. The van der Waals surface area contributed by atoms with E-state index in [0.717, 1.165) is 10.8 Å². The molecule has 1 unspecified atom stereocenters. The molecule has 2 aromatic heterocycles. The lowest BCUT2D eigenvalue weighted by Crippen LogP contribution is -2.10. The van der Waals surface area contributed by atoms with E-state index in [1.807, 2.05) is 17.8 Å². The first-order chi connectivity index (χ1) is 6.77. The van der Waals surface area contributed by atoms with Gasteiger partial charge in [0.1, 0.15) is 10.8 Å². The first-order valence-corrected chi connectivity index (χ1v) is 5.06. The Kier molecular flexibility index (Phi) is 2.45. The van der Waals surface area contributed by atoms with Gasteiger partial charge in [-0.05, 0) is 6.92 Å². The second-order valence-corrected chi connectivity index (χ2v) is 3.83. The molecule has 0 saturated heterocycles. The first-order valence-electron chi connectivity index (χ1n) is 4.28. The fourth-order valence-electron chi connectivity index (χ4n) is 1.30. The summed E-state index contributed by atoms with van der Waals surface area (Å²) in [6.45, 7) is 2.06. The molecule has 0 radical (unpaired) electrons. The minimum absolute atomic E-state index is 0.164. The van der Waals surface area contributed by atoms with Crippen LogP contribution in [0, 0.1) is 0 Å². The summed E-state index contributed by atoms with van der Waals surface area (Å²) in [5, 5.41) is 7.99. The molecule has 1 N–H and O–H groups in total. The smallest absolute Gasteiger partial charge is 0.130 e. The van der Waals surface area contributed by atoms with Crippen LogP contribution in [0.4, 0.5) is 5.00 Å². The molecule has 2 rings (SSSR count). The Balaban J connectivity index is 2.10. The third kappa shape index (κ3) is 1.74. The molecule has 6 heteroatoms. The van der Waals surface area contributed by atoms with Crippen LogP contribution in [0.25, 0.3) is 0 Å². The van der Waals surface area contributed by atoms with Crippen molar-refractivity contribution in [2.75, 3.05) is 5.32 Å². The van der Waals surface area contributed by atoms with Crippen molar-refractivity contribution < 1.29 is 0 Å². The van der Waals surface area contributed by atoms with Gasteiger partial charge in [-0.15, -0.1) is 5.10 Å². The molecule has 0 fully saturated rings. The molecule has 5 nitrogen and oxygen atoms in total. The molecular formula is C8H11N5S. The zero-order valence-electron chi connectivity index (χ0n) is 8.01. The van der Waals surface area contributed by atoms with Crippen molar-refractivity contribution in [2.45, 2.75) is 13.0 Å². The second kappa shape index (κ2) is 3.75. The lowest BCUT2D eigenvalue weighted by Gasteiger charge is -2.12. The topological polar surface area (TPSA) is 55.6 Å². The van der Waals surface area contributed by atoms with Crippen LogP contribution in [0.15, 0.2) is 18.6 Å². The van der Waals surface area contributed by atoms with E-state index in [0.29, 0.717) is 0 Å². The molecule has 0 aliphatic rings. The van der Waals surface area contributed by atoms with Gasteiger partial charge in [0.25, 0.3) is 0 Å². The summed E-state index contributed by atoms with van der Waals surface area (Å²) in [5.41, 5.74) is 0. The maximum atomic E-state index is 4.26. The lowest BCUT2D eigenvalue weighted by atomic mass is 10.3. The predicted octanol–water partition coefficient (Wildman–Crippen LogP) is 1.44. The van der Waals surface area contributed by atoms with E-state index in [2.05, 4.69) is 26.8 Å². The number of aryl methyl sites for hydroxylation is 1. The van der Waals surface area contributed by atoms with Crippen LogP contribution >= 0.6 is 11.5 Å². The van der Waals surface area contributed by atoms with Crippen molar-refractivity contribution in [2.24, 2.45) is 7.05 Å². The SMILES string of the molecule is CC(Nc1cnns1)c1nccn1C. The fourth-order valence-corrected chi connectivity index (χ4v) is 1.81. The normalized spacial score (nSPS) is 12.7. The summed E-state index contributed by atoms with van der Waals surface area (Å²) >= 11 is 1.35. The van der Waals surface area contributed by atoms with Gasteiger partial charge in [-0.1, -0.05) is 4.49 Å². The zero-order valence-corrected chi connectivity index (χ0v) is 8.82. The summed E-state index contributed by atoms with van der Waals surface area (Å²) in [7, 11) is 1.98. The van der Waals surface area contributed by atoms with Crippen LogP contribution in [0.5, 0.6) is 0 Å². The average Bonchev–Trinajstić information content (AvgIpc) is 2.75. The van der Waals surface area contributed by atoms with Crippen LogP contribution in [0.3, 0.4) is 0 Å². The molecule has 0 aliphatic carbocycles. The molecule has 1 atom stereocenters. The number of anilines is 1. The Morgan fingerprint density at radius 2 is 2.43 bits per heavy atom. The highest BCUT2D eigenvalue weighted by atomic mass is 32.1. The van der Waals surface area contributed by atoms with Gasteiger partial charge in [0.15, 0.2) is 0 Å². The van der Waals surface area contributed by atoms with E-state index in [1.165, 1.54) is 11.5 Å². The Morgan fingerprint density at radius 1 is 1.57 bits per heavy atom. The van der Waals surface area contributed by atoms with Crippen LogP contribution in [0.2, 0.25) is 0 Å². The monoisotopic (exact) mass is 209 g/mol. The van der Waals surface area contributed by atoms with Gasteiger partial charge in [-0.3, -0.25) is 0 Å². The summed E-state index contributed by atoms with van der Waals surface area (Å²) in [4.78, 5) is 4.26. The Labute approximate surface area is 86.0 Å². The molecule has 0 aromatic carbocycles. The second-order valence-electron chi connectivity index (χ2n) is 3.04. The van der Waals surface area contributed by atoms with Gasteiger partial charge in [0, 0.05) is 31.0 Å². The minimum Gasteiger partial charge on any atom is -0.365 e. The average molecular weight is 209 g/mol. The molecular weight excluding hydrogens is 198 g/mol. The first kappa shape index (κ1) is 9.14. The van der Waals surface area contributed by atoms with Crippen molar-refractivity contribution in [3.63, 3.8) is 0 Å². The zero-order chi connectivity index (χ0) is 9.97. The molecule has 74 valence electrons. The highest BCUT2D eigenvalue weighted by Crippen LogP contribution is 2.18. The molecule has 0 bridgehead atoms. The predicted molar refractivity (Wildman–Crippen MR) is 55.2 cm³/mol. The Bertz CT molecular complexity index is 394. The van der Waals surface area contributed by atoms with Crippen molar-refractivity contribution in [1.82, 2.24) is 19.1 Å². The standard InChI is InChI=1S/C8H11N5S/c1-6(8-9-3-4-13(8)2)11-7-5-10-12-14-7/h3-6,11H,1-2H3. The molecule has 2 aromatic rings. The van der Waals surface area contributed by atoms with Gasteiger partial charge in [0.05, 0.1) is 12.2 Å². The number of aromatic nitrogens is 4. The molecule has 2 heterocycles. The van der Waals surface area contributed by atoms with Crippen LogP contribution in [-0.2, 0) is 7.05 Å². The summed E-state index contributed by atoms with van der Waals surface area (Å²) in [5.74, 6) is 0.999. The molecule has 0 aliphatic heterocycles. The number of imidazole rings is 1. The number of hydrogen-bond donors (Lipinski definition) is 1. The summed E-state index contributed by atoms with van der Waals surface area (Å²) in [6, 6.07) is 0.164. The summed E-state index contributed by atoms with van der Waals surface area (Å²) < 4.78 is 5.77. The van der Waals surface area contributed by atoms with Crippen molar-refractivity contribution >= 4 is 16.5 Å². The number of hydrogen-bond acceptors (Lipinski definition) is 5. The van der Waals surface area contributed by atoms with Crippen molar-refractivity contribution in [1.29, 1.82) is 0 Å². The van der Waals surface area contributed by atoms with Crippen molar-refractivity contribution in [3.8, 4) is 0 Å². The van der Waals surface area contributed by atoms with E-state index in [4.69, 9.17) is 0 Å². The highest BCUT2D eigenvalue weighted by Gasteiger charge is 2.10. The van der Waals surface area contributed by atoms with Crippen LogP contribution in [-0.4, -0.2) is 19.1 Å². The van der Waals surface area contributed by atoms with E-state index >= 15 is 0 Å². The van der Waals surface area contributed by atoms with Gasteiger partial charge in [-0.2, -0.15) is 0 Å². The van der Waals surface area contributed by atoms with E-state index in [1.54, 1.807) is 12.4 Å². The van der Waals surface area contributed by atoms with Gasteiger partial charge < -0.3 is 9.88 Å². The molecule has 0 amide bonds. The lowest BCUT2D eigenvalue weighted by molar-refractivity contribution is 0.723. The molecule has 14 heavy (non-hydrogen) atoms. The molecule has 0 spiro atoms. The Hall–Kier alpha value is -1.43. The van der Waals surface area contributed by atoms with Gasteiger partial charge >= 0.3 is 0 Å². The van der Waals surface area contributed by atoms with Crippen molar-refractivity contribution in [3.05, 3.63) is 24.4 Å². The third-order valence-corrected chi connectivity index (χ3v) is 2.56. The quantitative estimate of drug-likeness (QED) is 0.831. The third-order valence-electron chi connectivity index (χ3n) is 1.97. The van der Waals surface area contributed by atoms with E-state index in [9.17, 15) is 0 Å². The number of nitrogens with one attached hydrogen (secondary N) is 1.